The van der Waals surface area contributed by atoms with E-state index in [2.05, 4.69) is 0 Å². The molecular weight excluding hydrogens is 336 g/mol. The van der Waals surface area contributed by atoms with E-state index in [1.165, 1.54) is 7.11 Å². The Morgan fingerprint density at radius 1 is 1.27 bits per heavy atom. The normalized spacial score (nSPS) is 24.3. The molecule has 0 radical (unpaired) electrons. The first-order valence-electron chi connectivity index (χ1n) is 8.67. The molecule has 2 aliphatic heterocycles. The molecule has 2 aliphatic rings. The van der Waals surface area contributed by atoms with Crippen LogP contribution in [-0.2, 0) is 4.74 Å². The monoisotopic (exact) mass is 354 g/mol. The number of fused-ring (bicyclic) bond motifs is 6. The average Bonchev–Trinajstić information content (AvgIpc) is 2.60. The van der Waals surface area contributed by atoms with Crippen molar-refractivity contribution in [2.75, 3.05) is 7.11 Å². The zero-order valence-corrected chi connectivity index (χ0v) is 14.5. The molecule has 6 heteroatoms. The van der Waals surface area contributed by atoms with Gasteiger partial charge >= 0.3 is 0 Å². The molecule has 134 valence electrons. The van der Waals surface area contributed by atoms with Gasteiger partial charge in [0.1, 0.15) is 39.2 Å². The molecule has 2 aromatic carbocycles. The minimum Gasteiger partial charge on any atom is -0.506 e. The van der Waals surface area contributed by atoms with Crippen LogP contribution in [0.5, 0.6) is 17.2 Å². The third-order valence-electron chi connectivity index (χ3n) is 5.28. The van der Waals surface area contributed by atoms with Gasteiger partial charge in [-0.15, -0.1) is 0 Å². The van der Waals surface area contributed by atoms with Crippen molar-refractivity contribution in [3.05, 3.63) is 40.1 Å². The number of aromatic hydroxyl groups is 1. The second-order valence-electron chi connectivity index (χ2n) is 7.01. The van der Waals surface area contributed by atoms with Gasteiger partial charge in [0.15, 0.2) is 0 Å². The molecule has 0 spiro atoms. The third-order valence-corrected chi connectivity index (χ3v) is 5.28. The molecule has 5 rings (SSSR count). The van der Waals surface area contributed by atoms with Gasteiger partial charge in [-0.05, 0) is 25.0 Å². The van der Waals surface area contributed by atoms with E-state index in [0.29, 0.717) is 28.0 Å². The molecule has 1 saturated heterocycles. The Bertz CT molecular complexity index is 1110. The quantitative estimate of drug-likeness (QED) is 0.665. The van der Waals surface area contributed by atoms with Gasteiger partial charge in [0.25, 0.3) is 0 Å². The van der Waals surface area contributed by atoms with Gasteiger partial charge in [-0.2, -0.15) is 0 Å². The Morgan fingerprint density at radius 3 is 2.92 bits per heavy atom. The molecule has 0 unspecified atom stereocenters. The minimum atomic E-state index is -0.712. The van der Waals surface area contributed by atoms with E-state index < -0.39 is 5.79 Å². The zero-order chi connectivity index (χ0) is 18.1. The highest BCUT2D eigenvalue weighted by molar-refractivity contribution is 5.97. The fourth-order valence-corrected chi connectivity index (χ4v) is 4.10. The fourth-order valence-electron chi connectivity index (χ4n) is 4.10. The molecule has 0 amide bonds. The first-order chi connectivity index (χ1) is 12.5. The number of rotatable bonds is 1. The maximum Gasteiger partial charge on any atom is 0.208 e. The summed E-state index contributed by atoms with van der Waals surface area (Å²) in [4.78, 5) is 13.1. The Hall–Kier alpha value is -2.73. The van der Waals surface area contributed by atoms with Gasteiger partial charge in [-0.3, -0.25) is 4.79 Å². The molecule has 3 aromatic rings. The summed E-state index contributed by atoms with van der Waals surface area (Å²) in [6.45, 7) is 1.89. The summed E-state index contributed by atoms with van der Waals surface area (Å²) in [5.74, 6) is 0.0796. The zero-order valence-electron chi connectivity index (χ0n) is 14.5. The van der Waals surface area contributed by atoms with Crippen molar-refractivity contribution in [1.29, 1.82) is 0 Å². The van der Waals surface area contributed by atoms with Gasteiger partial charge in [-0.25, -0.2) is 0 Å². The number of methoxy groups -OCH3 is 1. The van der Waals surface area contributed by atoms with Crippen molar-refractivity contribution in [1.82, 2.24) is 0 Å². The smallest absolute Gasteiger partial charge is 0.208 e. The Balaban J connectivity index is 1.89. The minimum absolute atomic E-state index is 0.127. The van der Waals surface area contributed by atoms with Crippen LogP contribution in [0.25, 0.3) is 21.9 Å². The van der Waals surface area contributed by atoms with E-state index in [9.17, 15) is 9.90 Å². The van der Waals surface area contributed by atoms with E-state index >= 15 is 0 Å². The predicted molar refractivity (Wildman–Crippen MR) is 94.9 cm³/mol. The highest BCUT2D eigenvalue weighted by Gasteiger charge is 2.43. The molecule has 0 aliphatic carbocycles. The van der Waals surface area contributed by atoms with Crippen LogP contribution in [0.4, 0.5) is 0 Å². The van der Waals surface area contributed by atoms with E-state index in [4.69, 9.17) is 18.6 Å². The Kier molecular flexibility index (Phi) is 3.07. The lowest BCUT2D eigenvalue weighted by Gasteiger charge is -2.44. The van der Waals surface area contributed by atoms with Gasteiger partial charge in [0.05, 0.1) is 18.8 Å². The van der Waals surface area contributed by atoms with Crippen molar-refractivity contribution >= 4 is 21.9 Å². The summed E-state index contributed by atoms with van der Waals surface area (Å²) in [5, 5.41) is 11.4. The first kappa shape index (κ1) is 15.5. The van der Waals surface area contributed by atoms with Gasteiger partial charge < -0.3 is 23.7 Å². The Labute approximate surface area is 148 Å². The Morgan fingerprint density at radius 2 is 2.12 bits per heavy atom. The lowest BCUT2D eigenvalue weighted by Crippen LogP contribution is -2.43. The van der Waals surface area contributed by atoms with Crippen LogP contribution in [0.15, 0.2) is 33.5 Å². The molecule has 26 heavy (non-hydrogen) atoms. The number of benzene rings is 2. The second-order valence-corrected chi connectivity index (χ2v) is 7.01. The van der Waals surface area contributed by atoms with Crippen molar-refractivity contribution in [2.24, 2.45) is 0 Å². The number of hydrogen-bond acceptors (Lipinski definition) is 6. The molecule has 3 heterocycles. The average molecular weight is 354 g/mol. The van der Waals surface area contributed by atoms with Crippen LogP contribution in [0, 0.1) is 0 Å². The maximum absolute atomic E-state index is 13.1. The van der Waals surface area contributed by atoms with E-state index in [0.717, 1.165) is 19.3 Å². The van der Waals surface area contributed by atoms with Crippen molar-refractivity contribution in [3.8, 4) is 17.2 Å². The van der Waals surface area contributed by atoms with Gasteiger partial charge in [0.2, 0.25) is 11.2 Å². The molecular formula is C20H18O6. The number of ether oxygens (including phenoxy) is 3. The summed E-state index contributed by atoms with van der Waals surface area (Å²) < 4.78 is 23.2. The molecule has 0 saturated carbocycles. The lowest BCUT2D eigenvalue weighted by molar-refractivity contribution is -0.243. The molecule has 2 bridgehead atoms. The second kappa shape index (κ2) is 5.14. The number of phenolic OH excluding ortho intramolecular Hbond substituents is 1. The first-order valence-corrected chi connectivity index (χ1v) is 8.67. The topological polar surface area (TPSA) is 78.1 Å². The largest absolute Gasteiger partial charge is 0.506 e. The molecule has 1 N–H and O–H groups in total. The molecule has 6 nitrogen and oxygen atoms in total. The number of phenols is 1. The molecule has 1 aromatic heterocycles. The summed E-state index contributed by atoms with van der Waals surface area (Å²) in [6, 6.07) is 6.84. The van der Waals surface area contributed by atoms with Crippen LogP contribution in [0.1, 0.15) is 37.9 Å². The van der Waals surface area contributed by atoms with Crippen LogP contribution < -0.4 is 14.9 Å². The van der Waals surface area contributed by atoms with E-state index in [1.807, 2.05) is 6.92 Å². The van der Waals surface area contributed by atoms with Crippen LogP contribution >= 0.6 is 0 Å². The SMILES string of the molecule is COc1cccc2oc3cc4c(c(O)c3c(=O)c12)[C@@H]1CCC[C@](C)(O4)O1. The van der Waals surface area contributed by atoms with Crippen molar-refractivity contribution < 1.29 is 23.7 Å². The van der Waals surface area contributed by atoms with Crippen LogP contribution in [-0.4, -0.2) is 18.0 Å². The third kappa shape index (κ3) is 1.99. The van der Waals surface area contributed by atoms with Crippen molar-refractivity contribution in [2.45, 2.75) is 38.1 Å². The summed E-state index contributed by atoms with van der Waals surface area (Å²) in [5.41, 5.74) is 0.884. The highest BCUT2D eigenvalue weighted by Crippen LogP contribution is 2.51. The lowest BCUT2D eigenvalue weighted by atomic mass is 9.92. The highest BCUT2D eigenvalue weighted by atomic mass is 16.7. The summed E-state index contributed by atoms with van der Waals surface area (Å²) in [7, 11) is 1.50. The number of hydrogen-bond donors (Lipinski definition) is 1. The van der Waals surface area contributed by atoms with E-state index in [1.54, 1.807) is 24.3 Å². The summed E-state index contributed by atoms with van der Waals surface area (Å²) >= 11 is 0. The van der Waals surface area contributed by atoms with E-state index in [-0.39, 0.29) is 28.3 Å². The van der Waals surface area contributed by atoms with Gasteiger partial charge in [-0.1, -0.05) is 6.07 Å². The predicted octanol–water partition coefficient (Wildman–Crippen LogP) is 4.01. The van der Waals surface area contributed by atoms with Crippen LogP contribution in [0.2, 0.25) is 0 Å². The standard InChI is InChI=1S/C20H18O6/c1-20-8-4-7-12(25-20)16-14(26-20)9-13-17(19(16)22)18(21)15-10(23-2)5-3-6-11(15)24-13/h3,5-6,9,12,22H,4,7-8H2,1-2H3/t12-,20-/m0/s1. The van der Waals surface area contributed by atoms with Crippen molar-refractivity contribution in [3.63, 3.8) is 0 Å². The summed E-state index contributed by atoms with van der Waals surface area (Å²) in [6.07, 6.45) is 2.18. The maximum atomic E-state index is 13.1. The van der Waals surface area contributed by atoms with Crippen LogP contribution in [0.3, 0.4) is 0 Å². The van der Waals surface area contributed by atoms with Gasteiger partial charge in [0, 0.05) is 19.4 Å². The molecule has 2 atom stereocenters. The fraction of sp³-hybridized carbons (Fsp3) is 0.350. The molecule has 1 fully saturated rings.